The summed E-state index contributed by atoms with van der Waals surface area (Å²) in [6.45, 7) is 4.05. The lowest BCUT2D eigenvalue weighted by Gasteiger charge is -2.17. The lowest BCUT2D eigenvalue weighted by molar-refractivity contribution is 0.563. The van der Waals surface area contributed by atoms with Crippen molar-refractivity contribution in [2.75, 3.05) is 13.1 Å². The van der Waals surface area contributed by atoms with Crippen LogP contribution in [0.15, 0.2) is 35.1 Å². The fourth-order valence-corrected chi connectivity index (χ4v) is 2.35. The monoisotopic (exact) mass is 322 g/mol. The van der Waals surface area contributed by atoms with Gasteiger partial charge < -0.3 is 5.32 Å². The molecular weight excluding hydrogens is 304 g/mol. The molecule has 0 spiro atoms. The molecule has 0 amide bonds. The van der Waals surface area contributed by atoms with Crippen LogP contribution in [-0.4, -0.2) is 27.9 Å². The molecule has 0 saturated heterocycles. The largest absolute Gasteiger partial charge is 0.316 e. The second kappa shape index (κ2) is 6.82. The van der Waals surface area contributed by atoms with Crippen LogP contribution in [-0.2, 0) is 13.5 Å². The van der Waals surface area contributed by atoms with E-state index >= 15 is 0 Å². The third-order valence-electron chi connectivity index (χ3n) is 3.22. The Morgan fingerprint density at radius 2 is 2.05 bits per heavy atom. The maximum absolute atomic E-state index is 4.32. The van der Waals surface area contributed by atoms with E-state index < -0.39 is 0 Å². The first-order chi connectivity index (χ1) is 9.20. The van der Waals surface area contributed by atoms with E-state index in [9.17, 15) is 0 Å². The molecular formula is C14H19BrN4. The molecule has 0 aliphatic carbocycles. The average molecular weight is 323 g/mol. The minimum Gasteiger partial charge on any atom is -0.316 e. The SMILES string of the molecule is CCNCC(Cc1ncnn1C)c1ccc(Br)cc1. The van der Waals surface area contributed by atoms with E-state index in [0.29, 0.717) is 5.92 Å². The first-order valence-corrected chi connectivity index (χ1v) is 7.29. The van der Waals surface area contributed by atoms with Crippen LogP contribution < -0.4 is 5.32 Å². The maximum atomic E-state index is 4.32. The summed E-state index contributed by atoms with van der Waals surface area (Å²) < 4.78 is 2.95. The van der Waals surface area contributed by atoms with Gasteiger partial charge in [0.05, 0.1) is 0 Å². The van der Waals surface area contributed by atoms with Gasteiger partial charge in [0, 0.05) is 30.4 Å². The minimum absolute atomic E-state index is 0.413. The molecule has 2 aromatic rings. The molecule has 4 nitrogen and oxygen atoms in total. The lowest BCUT2D eigenvalue weighted by Crippen LogP contribution is -2.23. The molecule has 1 N–H and O–H groups in total. The third-order valence-corrected chi connectivity index (χ3v) is 3.74. The molecule has 0 fully saturated rings. The quantitative estimate of drug-likeness (QED) is 0.888. The van der Waals surface area contributed by atoms with Gasteiger partial charge in [0.25, 0.3) is 0 Å². The summed E-state index contributed by atoms with van der Waals surface area (Å²) in [5, 5.41) is 7.56. The number of likely N-dealkylation sites (N-methyl/N-ethyl adjacent to an activating group) is 1. The number of benzene rings is 1. The summed E-state index contributed by atoms with van der Waals surface area (Å²) in [6.07, 6.45) is 2.51. The molecule has 1 aromatic carbocycles. The fourth-order valence-electron chi connectivity index (χ4n) is 2.09. The van der Waals surface area contributed by atoms with Gasteiger partial charge in [-0.3, -0.25) is 4.68 Å². The molecule has 1 heterocycles. The number of rotatable bonds is 6. The zero-order chi connectivity index (χ0) is 13.7. The minimum atomic E-state index is 0.413. The third kappa shape index (κ3) is 3.88. The second-order valence-corrected chi connectivity index (χ2v) is 5.48. The van der Waals surface area contributed by atoms with Crippen molar-refractivity contribution in [1.29, 1.82) is 0 Å². The highest BCUT2D eigenvalue weighted by molar-refractivity contribution is 9.10. The Hall–Kier alpha value is -1.20. The van der Waals surface area contributed by atoms with Crippen LogP contribution in [0, 0.1) is 0 Å². The van der Waals surface area contributed by atoms with Crippen molar-refractivity contribution in [1.82, 2.24) is 20.1 Å². The molecule has 5 heteroatoms. The van der Waals surface area contributed by atoms with Crippen LogP contribution in [0.4, 0.5) is 0 Å². The zero-order valence-electron chi connectivity index (χ0n) is 11.3. The van der Waals surface area contributed by atoms with E-state index in [1.807, 2.05) is 11.7 Å². The highest BCUT2D eigenvalue weighted by atomic mass is 79.9. The molecule has 102 valence electrons. The predicted molar refractivity (Wildman–Crippen MR) is 80.1 cm³/mol. The van der Waals surface area contributed by atoms with Gasteiger partial charge in [0.1, 0.15) is 12.2 Å². The Labute approximate surface area is 122 Å². The van der Waals surface area contributed by atoms with Crippen molar-refractivity contribution >= 4 is 15.9 Å². The van der Waals surface area contributed by atoms with Gasteiger partial charge in [0.2, 0.25) is 0 Å². The Balaban J connectivity index is 2.15. The van der Waals surface area contributed by atoms with Crippen molar-refractivity contribution < 1.29 is 0 Å². The predicted octanol–water partition coefficient (Wildman–Crippen LogP) is 2.51. The topological polar surface area (TPSA) is 42.7 Å². The normalized spacial score (nSPS) is 12.6. The zero-order valence-corrected chi connectivity index (χ0v) is 12.9. The van der Waals surface area contributed by atoms with Crippen LogP contribution in [0.1, 0.15) is 24.2 Å². The molecule has 0 aliphatic rings. The Morgan fingerprint density at radius 1 is 1.32 bits per heavy atom. The maximum Gasteiger partial charge on any atom is 0.138 e. The molecule has 0 saturated carbocycles. The number of hydrogen-bond donors (Lipinski definition) is 1. The lowest BCUT2D eigenvalue weighted by atomic mass is 9.95. The second-order valence-electron chi connectivity index (χ2n) is 4.56. The van der Waals surface area contributed by atoms with Gasteiger partial charge in [-0.15, -0.1) is 0 Å². The van der Waals surface area contributed by atoms with E-state index in [1.54, 1.807) is 6.33 Å². The summed E-state index contributed by atoms with van der Waals surface area (Å²) in [7, 11) is 1.94. The molecule has 19 heavy (non-hydrogen) atoms. The van der Waals surface area contributed by atoms with Crippen LogP contribution in [0.5, 0.6) is 0 Å². The van der Waals surface area contributed by atoms with Crippen LogP contribution in [0.3, 0.4) is 0 Å². The van der Waals surface area contributed by atoms with Crippen molar-refractivity contribution in [2.45, 2.75) is 19.3 Å². The molecule has 1 unspecified atom stereocenters. The summed E-state index contributed by atoms with van der Waals surface area (Å²) >= 11 is 3.48. The number of aryl methyl sites for hydroxylation is 1. The van der Waals surface area contributed by atoms with E-state index in [2.05, 4.69) is 62.5 Å². The first-order valence-electron chi connectivity index (χ1n) is 6.49. The fraction of sp³-hybridized carbons (Fsp3) is 0.429. The summed E-state index contributed by atoms with van der Waals surface area (Å²) in [5.74, 6) is 1.43. The number of hydrogen-bond acceptors (Lipinski definition) is 3. The molecule has 0 aliphatic heterocycles. The van der Waals surface area contributed by atoms with Crippen LogP contribution >= 0.6 is 15.9 Å². The molecule has 1 atom stereocenters. The van der Waals surface area contributed by atoms with Crippen LogP contribution in [0.25, 0.3) is 0 Å². The molecule has 1 aromatic heterocycles. The highest BCUT2D eigenvalue weighted by Gasteiger charge is 2.14. The number of halogens is 1. The number of nitrogens with one attached hydrogen (secondary N) is 1. The molecule has 0 bridgehead atoms. The van der Waals surface area contributed by atoms with Crippen molar-refractivity contribution in [3.63, 3.8) is 0 Å². The first kappa shape index (κ1) is 14.2. The Bertz CT molecular complexity index is 506. The Kier molecular flexibility index (Phi) is 5.10. The molecule has 2 rings (SSSR count). The summed E-state index contributed by atoms with van der Waals surface area (Å²) in [5.41, 5.74) is 1.33. The standard InChI is InChI=1S/C14H19BrN4/c1-3-16-9-12(8-14-17-10-18-19(14)2)11-4-6-13(15)7-5-11/h4-7,10,12,16H,3,8-9H2,1-2H3. The molecule has 0 radical (unpaired) electrons. The van der Waals surface area contributed by atoms with Gasteiger partial charge >= 0.3 is 0 Å². The van der Waals surface area contributed by atoms with Crippen molar-refractivity contribution in [3.8, 4) is 0 Å². The van der Waals surface area contributed by atoms with Crippen molar-refractivity contribution in [2.24, 2.45) is 7.05 Å². The summed E-state index contributed by atoms with van der Waals surface area (Å²) in [4.78, 5) is 4.32. The van der Waals surface area contributed by atoms with Crippen LogP contribution in [0.2, 0.25) is 0 Å². The van der Waals surface area contributed by atoms with Gasteiger partial charge in [-0.05, 0) is 24.2 Å². The van der Waals surface area contributed by atoms with Gasteiger partial charge in [-0.25, -0.2) is 4.98 Å². The Morgan fingerprint density at radius 3 is 2.63 bits per heavy atom. The van der Waals surface area contributed by atoms with E-state index in [4.69, 9.17) is 0 Å². The van der Waals surface area contributed by atoms with Crippen molar-refractivity contribution in [3.05, 3.63) is 46.5 Å². The summed E-state index contributed by atoms with van der Waals surface area (Å²) in [6, 6.07) is 8.51. The van der Waals surface area contributed by atoms with E-state index in [-0.39, 0.29) is 0 Å². The van der Waals surface area contributed by atoms with Gasteiger partial charge in [-0.2, -0.15) is 5.10 Å². The van der Waals surface area contributed by atoms with E-state index in [1.165, 1.54) is 5.56 Å². The highest BCUT2D eigenvalue weighted by Crippen LogP contribution is 2.21. The number of nitrogens with zero attached hydrogens (tertiary/aromatic N) is 3. The van der Waals surface area contributed by atoms with E-state index in [0.717, 1.165) is 29.8 Å². The van der Waals surface area contributed by atoms with Gasteiger partial charge in [0.15, 0.2) is 0 Å². The smallest absolute Gasteiger partial charge is 0.138 e. The average Bonchev–Trinajstić information content (AvgIpc) is 2.81. The van der Waals surface area contributed by atoms with Gasteiger partial charge in [-0.1, -0.05) is 35.0 Å². The number of aromatic nitrogens is 3.